The number of unbranched alkanes of at least 4 members (excludes halogenated alkanes) is 5. The number of aromatic hydroxyl groups is 2. The summed E-state index contributed by atoms with van der Waals surface area (Å²) in [6.45, 7) is 11.4. The molecule has 0 aliphatic carbocycles. The van der Waals surface area contributed by atoms with Crippen molar-refractivity contribution in [1.82, 2.24) is 5.32 Å². The minimum absolute atomic E-state index is 0.0620. The number of amides is 2. The van der Waals surface area contributed by atoms with Gasteiger partial charge in [0.1, 0.15) is 46.7 Å². The number of rotatable bonds is 34. The van der Waals surface area contributed by atoms with Crippen molar-refractivity contribution >= 4 is 18.0 Å². The highest BCUT2D eigenvalue weighted by molar-refractivity contribution is 5.73. The number of carbonyl (C=O) groups is 3. The Labute approximate surface area is 537 Å². The molecule has 0 aromatic heterocycles. The Morgan fingerprint density at radius 1 is 0.456 bits per heavy atom. The summed E-state index contributed by atoms with van der Waals surface area (Å²) in [7, 11) is 4.95. The van der Waals surface area contributed by atoms with Crippen molar-refractivity contribution in [3.63, 3.8) is 0 Å². The van der Waals surface area contributed by atoms with E-state index >= 15 is 0 Å². The lowest BCUT2D eigenvalue weighted by atomic mass is 10.1. The zero-order chi connectivity index (χ0) is 66.5. The Morgan fingerprint density at radius 3 is 1.13 bits per heavy atom. The predicted molar refractivity (Wildman–Crippen MR) is 362 cm³/mol. The van der Waals surface area contributed by atoms with E-state index in [1.807, 2.05) is 118 Å². The van der Waals surface area contributed by atoms with Crippen LogP contribution in [0.5, 0.6) is 34.5 Å². The molecular formula is C73H108N4O13. The molecule has 0 bridgehead atoms. The van der Waals surface area contributed by atoms with Crippen molar-refractivity contribution in [2.45, 2.75) is 155 Å². The van der Waals surface area contributed by atoms with E-state index in [1.165, 1.54) is 53.5 Å². The van der Waals surface area contributed by atoms with Crippen LogP contribution in [0.15, 0.2) is 146 Å². The summed E-state index contributed by atoms with van der Waals surface area (Å²) in [6.07, 6.45) is 17.9. The molecule has 0 aliphatic heterocycles. The summed E-state index contributed by atoms with van der Waals surface area (Å²) in [5.41, 5.74) is 22.9. The van der Waals surface area contributed by atoms with Crippen molar-refractivity contribution in [3.8, 4) is 34.5 Å². The lowest BCUT2D eigenvalue weighted by molar-refractivity contribution is -0.137. The largest absolute Gasteiger partial charge is 0.508 e. The van der Waals surface area contributed by atoms with E-state index < -0.39 is 11.6 Å². The van der Waals surface area contributed by atoms with E-state index in [0.717, 1.165) is 119 Å². The van der Waals surface area contributed by atoms with E-state index in [4.69, 9.17) is 66.0 Å². The maximum absolute atomic E-state index is 11.4. The topological polar surface area (TPSA) is 278 Å². The number of nitrogens with one attached hydrogen (secondary N) is 1. The number of aliphatic hydroxyl groups is 1. The fourth-order valence-corrected chi connectivity index (χ4v) is 8.23. The van der Waals surface area contributed by atoms with Crippen LogP contribution in [0, 0.1) is 0 Å². The summed E-state index contributed by atoms with van der Waals surface area (Å²) in [5, 5.41) is 37.9. The molecule has 0 heterocycles. The molecule has 90 heavy (non-hydrogen) atoms. The molecule has 0 saturated heterocycles. The van der Waals surface area contributed by atoms with Crippen LogP contribution < -0.4 is 41.5 Å². The molecule has 11 N–H and O–H groups in total. The summed E-state index contributed by atoms with van der Waals surface area (Å²) >= 11 is 0. The summed E-state index contributed by atoms with van der Waals surface area (Å²) in [6, 6.07) is 46.5. The Balaban J connectivity index is 0.000000544. The number of carboxylic acid groups (broad SMARTS) is 1. The van der Waals surface area contributed by atoms with Crippen LogP contribution in [0.3, 0.4) is 0 Å². The van der Waals surface area contributed by atoms with Crippen LogP contribution in [0.25, 0.3) is 0 Å². The van der Waals surface area contributed by atoms with Gasteiger partial charge >= 0.3 is 12.1 Å². The van der Waals surface area contributed by atoms with Crippen molar-refractivity contribution in [2.24, 2.45) is 17.2 Å². The quantitative estimate of drug-likeness (QED) is 0.0174. The molecule has 0 saturated carbocycles. The van der Waals surface area contributed by atoms with Gasteiger partial charge in [0.2, 0.25) is 5.91 Å². The molecule has 0 spiro atoms. The fraction of sp³-hybridized carbons (Fsp3) is 0.466. The van der Waals surface area contributed by atoms with Crippen molar-refractivity contribution < 1.29 is 63.2 Å². The maximum atomic E-state index is 11.4. The number of carbonyl (C=O) groups excluding carboxylic acids is 2. The highest BCUT2D eigenvalue weighted by atomic mass is 16.6. The third kappa shape index (κ3) is 45.4. The van der Waals surface area contributed by atoms with Gasteiger partial charge in [0.15, 0.2) is 0 Å². The van der Waals surface area contributed by atoms with E-state index in [1.54, 1.807) is 45.6 Å². The lowest BCUT2D eigenvalue weighted by Gasteiger charge is -2.19. The number of hydrogen-bond donors (Lipinski definition) is 8. The van der Waals surface area contributed by atoms with Crippen LogP contribution >= 0.6 is 0 Å². The average Bonchev–Trinajstić information content (AvgIpc) is 3.70. The van der Waals surface area contributed by atoms with Gasteiger partial charge in [-0.05, 0) is 236 Å². The number of aliphatic carboxylic acids is 1. The number of nitrogens with two attached hydrogens (primary N) is 3. The number of methoxy groups -OCH3 is 3. The first-order valence-corrected chi connectivity index (χ1v) is 31.6. The monoisotopic (exact) mass is 1250 g/mol. The van der Waals surface area contributed by atoms with Gasteiger partial charge in [0.05, 0.1) is 41.2 Å². The third-order valence-electron chi connectivity index (χ3n) is 13.2. The molecule has 6 rings (SSSR count). The Bertz CT molecular complexity index is 2620. The average molecular weight is 1250 g/mol. The van der Waals surface area contributed by atoms with Gasteiger partial charge in [0, 0.05) is 19.4 Å². The third-order valence-corrected chi connectivity index (χ3v) is 13.2. The summed E-state index contributed by atoms with van der Waals surface area (Å²) in [4.78, 5) is 32.1. The Morgan fingerprint density at radius 2 is 0.800 bits per heavy atom. The number of benzene rings is 6. The van der Waals surface area contributed by atoms with Crippen molar-refractivity contribution in [3.05, 3.63) is 179 Å². The van der Waals surface area contributed by atoms with Gasteiger partial charge in [-0.15, -0.1) is 0 Å². The predicted octanol–water partition coefficient (Wildman–Crippen LogP) is 13.3. The standard InChI is InChI=1S/C15H23NO3.C15H24O3.C11H15NO2.C11H17NO.C11H14O3.C10H15NO/c1-15(2,3)19-14(18)16-11-5-4-6-12-7-9-13(17)10-8-12;1-2-3-4-5-14-6-8-15(9-7-14)18-13-12-17-11-10-16;1-14-10-7-5-9(6-8-10)3-2-4-11(12)13;1-13-11-7-5-10(6-8-11)4-2-3-9-12;1-14-10-7-5-9(6-8-10)3-2-4-11(12)13;11-8-2-1-3-9-4-6-10(12)7-5-9/h7-10,17H,4-6,11H2,1-3H3,(H,16,18);6-9,16H,2-5,10-13H2,1H3;5-8H,2-4H2,1H3,(H2,12,13);5-8H,2-4,9,12H2,1H3;5-8H,2-4H2,1H3,(H,12,13);4-7,12H,1-3,8,11H2. The highest BCUT2D eigenvalue weighted by Gasteiger charge is 2.15. The van der Waals surface area contributed by atoms with Gasteiger partial charge in [-0.2, -0.15) is 0 Å². The lowest BCUT2D eigenvalue weighted by Crippen LogP contribution is -2.33. The van der Waals surface area contributed by atoms with Gasteiger partial charge in [-0.1, -0.05) is 92.6 Å². The normalized spacial score (nSPS) is 10.3. The number of aliphatic hydroxyl groups excluding tert-OH is 1. The number of ether oxygens (including phenoxy) is 6. The first kappa shape index (κ1) is 80.2. The number of carboxylic acids is 1. The number of hydrogen-bond acceptors (Lipinski definition) is 14. The number of alkyl carbamates (subject to hydrolysis) is 1. The van der Waals surface area contributed by atoms with Crippen LogP contribution in [0.2, 0.25) is 0 Å². The first-order valence-electron chi connectivity index (χ1n) is 31.6. The molecule has 6 aromatic carbocycles. The molecule has 6 aromatic rings. The first-order chi connectivity index (χ1) is 43.4. The molecule has 0 fully saturated rings. The Hall–Kier alpha value is -7.83. The van der Waals surface area contributed by atoms with Crippen LogP contribution in [-0.2, 0) is 57.6 Å². The smallest absolute Gasteiger partial charge is 0.407 e. The van der Waals surface area contributed by atoms with Crippen molar-refractivity contribution in [1.29, 1.82) is 0 Å². The van der Waals surface area contributed by atoms with E-state index in [2.05, 4.69) is 36.5 Å². The van der Waals surface area contributed by atoms with Crippen LogP contribution in [0.1, 0.15) is 145 Å². The second-order valence-corrected chi connectivity index (χ2v) is 22.1. The van der Waals surface area contributed by atoms with Gasteiger partial charge < -0.3 is 71.4 Å². The van der Waals surface area contributed by atoms with Crippen molar-refractivity contribution in [2.75, 3.05) is 67.4 Å². The minimum Gasteiger partial charge on any atom is -0.508 e. The van der Waals surface area contributed by atoms with E-state index in [0.29, 0.717) is 45.0 Å². The van der Waals surface area contributed by atoms with Gasteiger partial charge in [-0.25, -0.2) is 4.79 Å². The van der Waals surface area contributed by atoms with E-state index in [-0.39, 0.29) is 30.8 Å². The molecular weight excluding hydrogens is 1140 g/mol. The zero-order valence-electron chi connectivity index (χ0n) is 54.9. The second kappa shape index (κ2) is 52.0. The molecule has 2 amide bonds. The zero-order valence-corrected chi connectivity index (χ0v) is 54.9. The number of primary amides is 1. The molecule has 498 valence electrons. The summed E-state index contributed by atoms with van der Waals surface area (Å²) < 4.78 is 30.9. The molecule has 17 nitrogen and oxygen atoms in total. The second-order valence-electron chi connectivity index (χ2n) is 22.1. The number of phenolic OH excluding ortho intramolecular Hbond substituents is 2. The molecule has 0 aliphatic rings. The molecule has 0 atom stereocenters. The summed E-state index contributed by atoms with van der Waals surface area (Å²) in [5.74, 6) is 3.12. The highest BCUT2D eigenvalue weighted by Crippen LogP contribution is 2.18. The Kier molecular flexibility index (Phi) is 46.3. The SMILES string of the molecule is CC(C)(C)OC(=O)NCCCCc1ccc(O)cc1.CCCCCc1ccc(OCCOCCO)cc1.COc1ccc(CCCC(=O)O)cc1.COc1ccc(CCCC(N)=O)cc1.COc1ccc(CCCCN)cc1.NCCCCc1ccc(O)cc1. The van der Waals surface area contributed by atoms with Gasteiger partial charge in [-0.3, -0.25) is 9.59 Å². The van der Waals surface area contributed by atoms with Crippen LogP contribution in [-0.4, -0.2) is 111 Å². The number of aryl methyl sites for hydroxylation is 6. The molecule has 0 radical (unpaired) electrons. The fourth-order valence-electron chi connectivity index (χ4n) is 8.23. The van der Waals surface area contributed by atoms with E-state index in [9.17, 15) is 14.4 Å². The molecule has 0 unspecified atom stereocenters. The number of phenols is 2. The minimum atomic E-state index is -0.737. The molecule has 17 heteroatoms. The maximum Gasteiger partial charge on any atom is 0.407 e. The van der Waals surface area contributed by atoms with Crippen LogP contribution in [0.4, 0.5) is 4.79 Å². The van der Waals surface area contributed by atoms with Gasteiger partial charge in [0.25, 0.3) is 0 Å².